The van der Waals surface area contributed by atoms with Gasteiger partial charge in [-0.1, -0.05) is 51.7 Å². The second-order valence-electron chi connectivity index (χ2n) is 6.89. The van der Waals surface area contributed by atoms with Crippen molar-refractivity contribution >= 4 is 26.6 Å². The maximum atomic E-state index is 13.3. The van der Waals surface area contributed by atoms with Crippen LogP contribution in [0, 0.1) is 0 Å². The van der Waals surface area contributed by atoms with Crippen LogP contribution in [-0.2, 0) is 14.8 Å². The maximum Gasteiger partial charge on any atom is 0.244 e. The molecular weight excluding hydrogens is 360 g/mol. The number of benzene rings is 1. The van der Waals surface area contributed by atoms with E-state index in [-0.39, 0.29) is 17.2 Å². The Bertz CT molecular complexity index is 844. The van der Waals surface area contributed by atoms with Gasteiger partial charge in [0.05, 0.1) is 11.4 Å². The molecule has 0 unspecified atom stereocenters. The number of rotatable bonds is 12. The highest BCUT2D eigenvalue weighted by Gasteiger charge is 2.27. The van der Waals surface area contributed by atoms with Gasteiger partial charge in [0.2, 0.25) is 10.0 Å². The molecule has 0 spiro atoms. The van der Waals surface area contributed by atoms with E-state index in [2.05, 4.69) is 11.9 Å². The first-order chi connectivity index (χ1) is 13.0. The molecule has 2 aromatic rings. The molecule has 1 heterocycles. The molecule has 1 aromatic heterocycles. The number of hydrogen-bond acceptors (Lipinski definition) is 4. The lowest BCUT2D eigenvalue weighted by atomic mass is 10.1. The summed E-state index contributed by atoms with van der Waals surface area (Å²) in [5.41, 5.74) is 0. The Morgan fingerprint density at radius 3 is 2.56 bits per heavy atom. The zero-order chi connectivity index (χ0) is 19.7. The fourth-order valence-corrected chi connectivity index (χ4v) is 4.78. The highest BCUT2D eigenvalue weighted by atomic mass is 32.2. The van der Waals surface area contributed by atoms with Crippen LogP contribution >= 0.6 is 0 Å². The second-order valence-corrected chi connectivity index (χ2v) is 8.80. The third-order valence-electron chi connectivity index (χ3n) is 4.68. The Balaban J connectivity index is 2.24. The van der Waals surface area contributed by atoms with Crippen LogP contribution in [0.25, 0.3) is 10.8 Å². The molecule has 2 rings (SSSR count). The van der Waals surface area contributed by atoms with Gasteiger partial charge in [0.1, 0.15) is 5.78 Å². The number of ketones is 1. The normalized spacial score (nSPS) is 12.0. The van der Waals surface area contributed by atoms with Gasteiger partial charge < -0.3 is 0 Å². The van der Waals surface area contributed by atoms with Crippen LogP contribution in [0.15, 0.2) is 41.6 Å². The minimum Gasteiger partial charge on any atom is -0.298 e. The summed E-state index contributed by atoms with van der Waals surface area (Å²) in [7, 11) is -3.75. The Kier molecular flexibility index (Phi) is 8.38. The molecule has 6 heteroatoms. The van der Waals surface area contributed by atoms with E-state index in [4.69, 9.17) is 0 Å². The topological polar surface area (TPSA) is 67.3 Å². The third-order valence-corrected chi connectivity index (χ3v) is 6.58. The molecule has 0 N–H and O–H groups in total. The predicted octanol–water partition coefficient (Wildman–Crippen LogP) is 4.57. The van der Waals surface area contributed by atoms with Gasteiger partial charge >= 0.3 is 0 Å². The van der Waals surface area contributed by atoms with Gasteiger partial charge in [0.25, 0.3) is 0 Å². The highest BCUT2D eigenvalue weighted by molar-refractivity contribution is 7.89. The third kappa shape index (κ3) is 5.84. The summed E-state index contributed by atoms with van der Waals surface area (Å²) in [5.74, 6) is -0.00677. The first kappa shape index (κ1) is 21.5. The van der Waals surface area contributed by atoms with Crippen molar-refractivity contribution in [3.8, 4) is 0 Å². The molecule has 0 saturated heterocycles. The van der Waals surface area contributed by atoms with Gasteiger partial charge in [0, 0.05) is 36.1 Å². The van der Waals surface area contributed by atoms with Crippen LogP contribution in [0.5, 0.6) is 0 Å². The second kappa shape index (κ2) is 10.5. The minimum absolute atomic E-state index is 0.00677. The van der Waals surface area contributed by atoms with Gasteiger partial charge in [-0.25, -0.2) is 8.42 Å². The van der Waals surface area contributed by atoms with Crippen LogP contribution in [0.1, 0.15) is 58.8 Å². The molecule has 0 aliphatic rings. The van der Waals surface area contributed by atoms with Crippen LogP contribution in [0.2, 0.25) is 0 Å². The van der Waals surface area contributed by atoms with Gasteiger partial charge in [-0.15, -0.1) is 0 Å². The van der Waals surface area contributed by atoms with Crippen molar-refractivity contribution in [2.24, 2.45) is 0 Å². The summed E-state index contributed by atoms with van der Waals surface area (Å²) in [6.07, 6.45) is 9.35. The highest BCUT2D eigenvalue weighted by Crippen LogP contribution is 2.25. The number of aromatic nitrogens is 1. The minimum atomic E-state index is -3.75. The average molecular weight is 391 g/mol. The molecule has 0 aliphatic heterocycles. The maximum absolute atomic E-state index is 13.3. The van der Waals surface area contributed by atoms with Crippen molar-refractivity contribution in [2.45, 2.75) is 63.7 Å². The summed E-state index contributed by atoms with van der Waals surface area (Å²) in [6, 6.07) is 6.90. The first-order valence-electron chi connectivity index (χ1n) is 9.85. The Morgan fingerprint density at radius 2 is 1.81 bits per heavy atom. The molecule has 1 aromatic carbocycles. The molecule has 5 nitrogen and oxygen atoms in total. The molecule has 148 valence electrons. The fraction of sp³-hybridized carbons (Fsp3) is 0.524. The monoisotopic (exact) mass is 390 g/mol. The summed E-state index contributed by atoms with van der Waals surface area (Å²) < 4.78 is 28.0. The standard InChI is InChI=1S/C21H30N2O3S/c1-3-5-7-8-11-19(24)17-23(15-6-4-2)27(25,26)21-12-9-10-18-16-22-14-13-20(18)21/h9-10,12-14,16H,3-8,11,15,17H2,1-2H3. The predicted molar refractivity (Wildman–Crippen MR) is 109 cm³/mol. The van der Waals surface area contributed by atoms with E-state index in [1.165, 1.54) is 4.31 Å². The summed E-state index contributed by atoms with van der Waals surface area (Å²) in [5, 5.41) is 1.42. The van der Waals surface area contributed by atoms with E-state index < -0.39 is 10.0 Å². The SMILES string of the molecule is CCCCCCC(=O)CN(CCCC)S(=O)(=O)c1cccc2cnccc12. The molecule has 27 heavy (non-hydrogen) atoms. The van der Waals surface area contributed by atoms with Gasteiger partial charge in [-0.2, -0.15) is 4.31 Å². The van der Waals surface area contributed by atoms with Crippen LogP contribution in [0.3, 0.4) is 0 Å². The zero-order valence-electron chi connectivity index (χ0n) is 16.4. The number of nitrogens with zero attached hydrogens (tertiary/aromatic N) is 2. The lowest BCUT2D eigenvalue weighted by Crippen LogP contribution is -2.36. The number of carbonyl (C=O) groups is 1. The molecule has 0 radical (unpaired) electrons. The van der Waals surface area contributed by atoms with E-state index in [1.54, 1.807) is 30.6 Å². The quantitative estimate of drug-likeness (QED) is 0.498. The first-order valence-corrected chi connectivity index (χ1v) is 11.3. The van der Waals surface area contributed by atoms with E-state index in [9.17, 15) is 13.2 Å². The van der Waals surface area contributed by atoms with Crippen molar-refractivity contribution in [3.63, 3.8) is 0 Å². The zero-order valence-corrected chi connectivity index (χ0v) is 17.2. The summed E-state index contributed by atoms with van der Waals surface area (Å²) >= 11 is 0. The van der Waals surface area contributed by atoms with E-state index in [0.29, 0.717) is 18.4 Å². The number of hydrogen-bond donors (Lipinski definition) is 0. The largest absolute Gasteiger partial charge is 0.298 e. The van der Waals surface area contributed by atoms with Crippen molar-refractivity contribution in [2.75, 3.05) is 13.1 Å². The van der Waals surface area contributed by atoms with E-state index in [0.717, 1.165) is 43.9 Å². The number of pyridine rings is 1. The molecular formula is C21H30N2O3S. The number of sulfonamides is 1. The van der Waals surface area contributed by atoms with Crippen LogP contribution in [-0.4, -0.2) is 36.6 Å². The van der Waals surface area contributed by atoms with Crippen LogP contribution in [0.4, 0.5) is 0 Å². The van der Waals surface area contributed by atoms with E-state index in [1.807, 2.05) is 13.0 Å². The Labute approximate surface area is 162 Å². The van der Waals surface area contributed by atoms with Crippen LogP contribution < -0.4 is 0 Å². The number of carbonyl (C=O) groups excluding carboxylic acids is 1. The lowest BCUT2D eigenvalue weighted by molar-refractivity contribution is -0.119. The number of Topliss-reactive ketones (excluding diaryl/α,β-unsaturated/α-hetero) is 1. The molecule has 0 atom stereocenters. The van der Waals surface area contributed by atoms with E-state index >= 15 is 0 Å². The van der Waals surface area contributed by atoms with Gasteiger partial charge in [0.15, 0.2) is 0 Å². The fourth-order valence-electron chi connectivity index (χ4n) is 3.10. The van der Waals surface area contributed by atoms with Crippen molar-refractivity contribution in [3.05, 3.63) is 36.7 Å². The smallest absolute Gasteiger partial charge is 0.244 e. The van der Waals surface area contributed by atoms with Crippen molar-refractivity contribution in [1.29, 1.82) is 0 Å². The van der Waals surface area contributed by atoms with Crippen molar-refractivity contribution < 1.29 is 13.2 Å². The Hall–Kier alpha value is -1.79. The molecule has 0 fully saturated rings. The summed E-state index contributed by atoms with van der Waals surface area (Å²) in [4.78, 5) is 16.7. The molecule has 0 aliphatic carbocycles. The van der Waals surface area contributed by atoms with Gasteiger partial charge in [-0.05, 0) is 25.0 Å². The average Bonchev–Trinajstić information content (AvgIpc) is 2.67. The molecule has 0 saturated carbocycles. The number of fused-ring (bicyclic) bond motifs is 1. The lowest BCUT2D eigenvalue weighted by Gasteiger charge is -2.22. The van der Waals surface area contributed by atoms with Gasteiger partial charge in [-0.3, -0.25) is 9.78 Å². The molecule has 0 amide bonds. The van der Waals surface area contributed by atoms with Crippen molar-refractivity contribution in [1.82, 2.24) is 9.29 Å². The number of unbranched alkanes of at least 4 members (excludes halogenated alkanes) is 4. The summed E-state index contributed by atoms with van der Waals surface area (Å²) in [6.45, 7) is 4.46. The molecule has 0 bridgehead atoms. The Morgan fingerprint density at radius 1 is 1.04 bits per heavy atom.